The van der Waals surface area contributed by atoms with Crippen molar-refractivity contribution in [3.05, 3.63) is 70.8 Å². The second-order valence-corrected chi connectivity index (χ2v) is 7.39. The normalized spacial score (nSPS) is 12.0. The van der Waals surface area contributed by atoms with E-state index in [9.17, 15) is 14.7 Å². The van der Waals surface area contributed by atoms with Crippen LogP contribution in [0.5, 0.6) is 17.2 Å². The quantitative estimate of drug-likeness (QED) is 0.411. The molecule has 0 atom stereocenters. The van der Waals surface area contributed by atoms with Gasteiger partial charge in [-0.05, 0) is 22.3 Å². The minimum Gasteiger partial charge on any atom is -0.492 e. The molecule has 4 rings (SSSR count). The van der Waals surface area contributed by atoms with E-state index in [4.69, 9.17) is 24.7 Å². The van der Waals surface area contributed by atoms with Crippen LogP contribution in [0, 0.1) is 0 Å². The zero-order chi connectivity index (χ0) is 23.7. The van der Waals surface area contributed by atoms with Crippen LogP contribution in [0.3, 0.4) is 0 Å². The lowest BCUT2D eigenvalue weighted by Gasteiger charge is -2.20. The van der Waals surface area contributed by atoms with Gasteiger partial charge >= 0.3 is 11.9 Å². The summed E-state index contributed by atoms with van der Waals surface area (Å²) in [5.74, 6) is -2.67. The molecular weight excluding hydrogens is 426 g/mol. The Hall–Kier alpha value is -4.20. The number of methoxy groups -OCH3 is 3. The van der Waals surface area contributed by atoms with Crippen molar-refractivity contribution in [1.29, 1.82) is 0 Å². The number of hydrogen-bond acceptors (Lipinski definition) is 7. The second-order valence-electron chi connectivity index (χ2n) is 7.39. The maximum Gasteiger partial charge on any atom is 0.343 e. The van der Waals surface area contributed by atoms with E-state index in [0.29, 0.717) is 0 Å². The van der Waals surface area contributed by atoms with E-state index < -0.39 is 17.5 Å². The van der Waals surface area contributed by atoms with Crippen molar-refractivity contribution < 1.29 is 33.6 Å². The number of carbonyl (C=O) groups excluding carboxylic acids is 1. The summed E-state index contributed by atoms with van der Waals surface area (Å²) < 4.78 is 21.5. The molecule has 8 nitrogen and oxygen atoms in total. The molecule has 0 saturated carbocycles. The van der Waals surface area contributed by atoms with E-state index in [1.807, 2.05) is 48.5 Å². The third-order valence-electron chi connectivity index (χ3n) is 5.78. The minimum atomic E-state index is -1.42. The Balaban J connectivity index is 1.74. The second kappa shape index (κ2) is 8.74. The number of ether oxygens (including phenoxy) is 4. The molecule has 0 spiro atoms. The first-order valence-corrected chi connectivity index (χ1v) is 10.1. The standard InChI is InChI=1S/C25H23NO7/c1-30-21-19(18(24(27)28)20(26)22(31-2)23(21)32-3)25(29)33-12-17-15-10-6-4-8-13(15)14-9-5-7-11-16(14)17/h4-11,17H,12,26H2,1-3H3,(H,27,28). The van der Waals surface area contributed by atoms with Crippen LogP contribution < -0.4 is 19.9 Å². The van der Waals surface area contributed by atoms with Gasteiger partial charge in [0.2, 0.25) is 5.75 Å². The van der Waals surface area contributed by atoms with Crippen LogP contribution in [0.25, 0.3) is 11.1 Å². The molecular formula is C25H23NO7. The highest BCUT2D eigenvalue weighted by molar-refractivity contribution is 6.10. The first-order valence-electron chi connectivity index (χ1n) is 10.1. The molecule has 0 radical (unpaired) electrons. The molecule has 3 aromatic carbocycles. The molecule has 0 saturated heterocycles. The van der Waals surface area contributed by atoms with Crippen molar-refractivity contribution in [2.75, 3.05) is 33.7 Å². The van der Waals surface area contributed by atoms with Gasteiger partial charge in [0.1, 0.15) is 17.7 Å². The summed E-state index contributed by atoms with van der Waals surface area (Å²) in [5, 5.41) is 9.80. The summed E-state index contributed by atoms with van der Waals surface area (Å²) in [6, 6.07) is 15.8. The predicted octanol–water partition coefficient (Wildman–Crippen LogP) is 3.96. The van der Waals surface area contributed by atoms with Crippen molar-refractivity contribution in [1.82, 2.24) is 0 Å². The number of esters is 1. The maximum atomic E-state index is 13.2. The number of hydrogen-bond donors (Lipinski definition) is 2. The monoisotopic (exact) mass is 449 g/mol. The lowest BCUT2D eigenvalue weighted by Crippen LogP contribution is -2.19. The lowest BCUT2D eigenvalue weighted by molar-refractivity contribution is 0.0479. The summed E-state index contributed by atoms with van der Waals surface area (Å²) in [6.07, 6.45) is 0. The third-order valence-corrected chi connectivity index (χ3v) is 5.78. The van der Waals surface area contributed by atoms with Crippen LogP contribution in [-0.2, 0) is 4.74 Å². The predicted molar refractivity (Wildman–Crippen MR) is 121 cm³/mol. The molecule has 1 aliphatic carbocycles. The summed E-state index contributed by atoms with van der Waals surface area (Å²) in [6.45, 7) is 0.00330. The van der Waals surface area contributed by atoms with E-state index in [1.165, 1.54) is 21.3 Å². The van der Waals surface area contributed by atoms with Crippen molar-refractivity contribution in [2.45, 2.75) is 5.92 Å². The van der Waals surface area contributed by atoms with Gasteiger partial charge in [-0.3, -0.25) is 0 Å². The summed E-state index contributed by atoms with van der Waals surface area (Å²) in [4.78, 5) is 25.3. The van der Waals surface area contributed by atoms with E-state index in [2.05, 4.69) is 0 Å². The highest BCUT2D eigenvalue weighted by Gasteiger charge is 2.35. The molecule has 0 unspecified atom stereocenters. The minimum absolute atomic E-state index is 0.00330. The van der Waals surface area contributed by atoms with Gasteiger partial charge in [0.05, 0.1) is 27.0 Å². The average Bonchev–Trinajstić information content (AvgIpc) is 3.15. The van der Waals surface area contributed by atoms with Crippen molar-refractivity contribution in [3.8, 4) is 28.4 Å². The zero-order valence-electron chi connectivity index (χ0n) is 18.4. The molecule has 3 N–H and O–H groups in total. The van der Waals surface area contributed by atoms with Crippen molar-refractivity contribution in [2.24, 2.45) is 0 Å². The SMILES string of the molecule is COc1c(N)c(C(=O)O)c(C(=O)OCC2c3ccccc3-c3ccccc32)c(OC)c1OC. The van der Waals surface area contributed by atoms with Gasteiger partial charge in [0.15, 0.2) is 11.5 Å². The van der Waals surface area contributed by atoms with E-state index in [0.717, 1.165) is 22.3 Å². The van der Waals surface area contributed by atoms with Gasteiger partial charge in [-0.25, -0.2) is 9.59 Å². The van der Waals surface area contributed by atoms with Gasteiger partial charge in [0.25, 0.3) is 0 Å². The van der Waals surface area contributed by atoms with Crippen molar-refractivity contribution >= 4 is 17.6 Å². The highest BCUT2D eigenvalue weighted by atomic mass is 16.5. The average molecular weight is 449 g/mol. The van der Waals surface area contributed by atoms with Gasteiger partial charge in [-0.2, -0.15) is 0 Å². The molecule has 0 aliphatic heterocycles. The molecule has 3 aromatic rings. The Morgan fingerprint density at radius 1 is 0.818 bits per heavy atom. The van der Waals surface area contributed by atoms with Gasteiger partial charge in [0, 0.05) is 5.92 Å². The maximum absolute atomic E-state index is 13.2. The molecule has 0 aromatic heterocycles. The molecule has 0 fully saturated rings. The largest absolute Gasteiger partial charge is 0.492 e. The fourth-order valence-corrected chi connectivity index (χ4v) is 4.37. The highest BCUT2D eigenvalue weighted by Crippen LogP contribution is 2.48. The Morgan fingerprint density at radius 3 is 1.82 bits per heavy atom. The first kappa shape index (κ1) is 22.0. The number of anilines is 1. The number of fused-ring (bicyclic) bond motifs is 3. The van der Waals surface area contributed by atoms with E-state index in [-0.39, 0.29) is 41.0 Å². The lowest BCUT2D eigenvalue weighted by atomic mass is 9.98. The molecule has 0 bridgehead atoms. The van der Waals surface area contributed by atoms with Crippen LogP contribution in [0.2, 0.25) is 0 Å². The van der Waals surface area contributed by atoms with E-state index >= 15 is 0 Å². The summed E-state index contributed by atoms with van der Waals surface area (Å²) in [7, 11) is 3.94. The van der Waals surface area contributed by atoms with Crippen LogP contribution in [-0.4, -0.2) is 45.0 Å². The number of rotatable bonds is 7. The topological polar surface area (TPSA) is 117 Å². The number of carboxylic acid groups (broad SMARTS) is 1. The third kappa shape index (κ3) is 3.49. The molecule has 1 aliphatic rings. The van der Waals surface area contributed by atoms with Crippen molar-refractivity contribution in [3.63, 3.8) is 0 Å². The fourth-order valence-electron chi connectivity index (χ4n) is 4.37. The molecule has 33 heavy (non-hydrogen) atoms. The van der Waals surface area contributed by atoms with Crippen LogP contribution in [0.1, 0.15) is 37.8 Å². The number of aromatic carboxylic acids is 1. The Morgan fingerprint density at radius 2 is 1.33 bits per heavy atom. The smallest absolute Gasteiger partial charge is 0.343 e. The number of benzene rings is 3. The fraction of sp³-hybridized carbons (Fsp3) is 0.200. The van der Waals surface area contributed by atoms with Gasteiger partial charge in [-0.1, -0.05) is 48.5 Å². The summed E-state index contributed by atoms with van der Waals surface area (Å²) >= 11 is 0. The zero-order valence-corrected chi connectivity index (χ0v) is 18.4. The molecule has 0 heterocycles. The molecule has 8 heteroatoms. The Kier molecular flexibility index (Phi) is 5.83. The number of carboxylic acids is 1. The van der Waals surface area contributed by atoms with Gasteiger partial charge in [-0.15, -0.1) is 0 Å². The van der Waals surface area contributed by atoms with Crippen LogP contribution >= 0.6 is 0 Å². The van der Waals surface area contributed by atoms with Crippen LogP contribution in [0.15, 0.2) is 48.5 Å². The molecule has 0 amide bonds. The van der Waals surface area contributed by atoms with Gasteiger partial charge < -0.3 is 29.8 Å². The Labute approximate surface area is 190 Å². The molecule has 170 valence electrons. The van der Waals surface area contributed by atoms with E-state index in [1.54, 1.807) is 0 Å². The first-order chi connectivity index (χ1) is 15.9. The van der Waals surface area contributed by atoms with Crippen LogP contribution in [0.4, 0.5) is 5.69 Å². The summed E-state index contributed by atoms with van der Waals surface area (Å²) in [5.41, 5.74) is 9.18. The number of nitrogens with two attached hydrogens (primary N) is 1. The number of nitrogen functional groups attached to an aromatic ring is 1. The Bertz CT molecular complexity index is 1210. The number of carbonyl (C=O) groups is 2.